The van der Waals surface area contributed by atoms with Gasteiger partial charge in [-0.05, 0) is 48.9 Å². The van der Waals surface area contributed by atoms with Crippen molar-refractivity contribution in [2.75, 3.05) is 6.61 Å². The van der Waals surface area contributed by atoms with E-state index < -0.39 is 5.97 Å². The van der Waals surface area contributed by atoms with Gasteiger partial charge >= 0.3 is 5.97 Å². The lowest BCUT2D eigenvalue weighted by Gasteiger charge is -2.08. The van der Waals surface area contributed by atoms with Gasteiger partial charge in [-0.15, -0.1) is 0 Å². The molecule has 0 spiro atoms. The van der Waals surface area contributed by atoms with E-state index >= 15 is 0 Å². The molecule has 3 nitrogen and oxygen atoms in total. The van der Waals surface area contributed by atoms with E-state index in [4.69, 9.17) is 32.7 Å². The van der Waals surface area contributed by atoms with Crippen molar-refractivity contribution in [2.24, 2.45) is 0 Å². The number of esters is 1. The van der Waals surface area contributed by atoms with E-state index in [1.54, 1.807) is 42.5 Å². The third-order valence-electron chi connectivity index (χ3n) is 2.51. The highest BCUT2D eigenvalue weighted by molar-refractivity contribution is 6.31. The van der Waals surface area contributed by atoms with Crippen LogP contribution in [-0.4, -0.2) is 12.6 Å². The molecule has 0 fully saturated rings. The monoisotopic (exact) mass is 310 g/mol. The molecule has 0 amide bonds. The molecule has 20 heavy (non-hydrogen) atoms. The zero-order valence-electron chi connectivity index (χ0n) is 10.7. The number of hydrogen-bond acceptors (Lipinski definition) is 3. The summed E-state index contributed by atoms with van der Waals surface area (Å²) < 4.78 is 10.4. The third-order valence-corrected chi connectivity index (χ3v) is 3.17. The van der Waals surface area contributed by atoms with Gasteiger partial charge < -0.3 is 9.47 Å². The van der Waals surface area contributed by atoms with Crippen LogP contribution in [0.1, 0.15) is 5.56 Å². The van der Waals surface area contributed by atoms with Gasteiger partial charge in [-0.2, -0.15) is 0 Å². The van der Waals surface area contributed by atoms with E-state index in [9.17, 15) is 4.79 Å². The minimum atomic E-state index is -0.494. The summed E-state index contributed by atoms with van der Waals surface area (Å²) in [6.45, 7) is 1.64. The number of ether oxygens (including phenoxy) is 2. The topological polar surface area (TPSA) is 35.5 Å². The van der Waals surface area contributed by atoms with E-state index in [-0.39, 0.29) is 6.61 Å². The zero-order valence-corrected chi connectivity index (χ0v) is 12.2. The highest BCUT2D eigenvalue weighted by Crippen LogP contribution is 2.21. The van der Waals surface area contributed by atoms with Crippen LogP contribution in [-0.2, 0) is 4.79 Å². The van der Waals surface area contributed by atoms with Crippen LogP contribution in [0, 0.1) is 6.92 Å². The van der Waals surface area contributed by atoms with Crippen molar-refractivity contribution in [3.05, 3.63) is 58.1 Å². The quantitative estimate of drug-likeness (QED) is 0.624. The molecule has 0 saturated heterocycles. The zero-order chi connectivity index (χ0) is 14.5. The standard InChI is InChI=1S/C15H12Cl2O3/c1-10-7-13(5-6-14(10)17)20-15(18)9-19-12-4-2-3-11(16)8-12/h2-8H,9H2,1H3. The van der Waals surface area contributed by atoms with E-state index in [2.05, 4.69) is 0 Å². The first-order chi connectivity index (χ1) is 9.54. The first-order valence-corrected chi connectivity index (χ1v) is 6.65. The fourth-order valence-corrected chi connectivity index (χ4v) is 1.84. The summed E-state index contributed by atoms with van der Waals surface area (Å²) in [5.74, 6) is 0.458. The van der Waals surface area contributed by atoms with Gasteiger partial charge in [-0.1, -0.05) is 29.3 Å². The van der Waals surface area contributed by atoms with Crippen LogP contribution in [0.2, 0.25) is 10.0 Å². The smallest absolute Gasteiger partial charge is 0.349 e. The normalized spacial score (nSPS) is 10.2. The molecule has 104 valence electrons. The Bertz CT molecular complexity index is 626. The minimum absolute atomic E-state index is 0.192. The lowest BCUT2D eigenvalue weighted by molar-refractivity contribution is -0.136. The predicted octanol–water partition coefficient (Wildman–Crippen LogP) is 4.29. The molecule has 2 rings (SSSR count). The lowest BCUT2D eigenvalue weighted by atomic mass is 10.2. The van der Waals surface area contributed by atoms with Crippen molar-refractivity contribution >= 4 is 29.2 Å². The van der Waals surface area contributed by atoms with Crippen molar-refractivity contribution in [1.29, 1.82) is 0 Å². The van der Waals surface area contributed by atoms with Gasteiger partial charge in [0.1, 0.15) is 11.5 Å². The number of carbonyl (C=O) groups is 1. The Morgan fingerprint density at radius 3 is 2.60 bits per heavy atom. The molecule has 0 unspecified atom stereocenters. The minimum Gasteiger partial charge on any atom is -0.482 e. The lowest BCUT2D eigenvalue weighted by Crippen LogP contribution is -2.17. The molecular formula is C15H12Cl2O3. The Morgan fingerprint density at radius 1 is 1.10 bits per heavy atom. The van der Waals surface area contributed by atoms with Gasteiger partial charge in [-0.3, -0.25) is 0 Å². The molecule has 0 aliphatic carbocycles. The highest BCUT2D eigenvalue weighted by Gasteiger charge is 2.07. The molecule has 0 aromatic heterocycles. The first-order valence-electron chi connectivity index (χ1n) is 5.90. The molecule has 0 heterocycles. The summed E-state index contributed by atoms with van der Waals surface area (Å²) in [5.41, 5.74) is 0.840. The molecule has 0 saturated carbocycles. The van der Waals surface area contributed by atoms with Crippen LogP contribution in [0.25, 0.3) is 0 Å². The summed E-state index contributed by atoms with van der Waals surface area (Å²) in [7, 11) is 0. The fraction of sp³-hybridized carbons (Fsp3) is 0.133. The van der Waals surface area contributed by atoms with Crippen LogP contribution in [0.5, 0.6) is 11.5 Å². The molecule has 0 atom stereocenters. The predicted molar refractivity (Wildman–Crippen MR) is 78.8 cm³/mol. The van der Waals surface area contributed by atoms with Gasteiger partial charge in [0, 0.05) is 10.0 Å². The number of halogens is 2. The number of rotatable bonds is 4. The van der Waals surface area contributed by atoms with Crippen molar-refractivity contribution in [3.8, 4) is 11.5 Å². The van der Waals surface area contributed by atoms with E-state index in [0.29, 0.717) is 21.5 Å². The highest BCUT2D eigenvalue weighted by atomic mass is 35.5. The van der Waals surface area contributed by atoms with Crippen LogP contribution in [0.3, 0.4) is 0 Å². The molecule has 2 aromatic carbocycles. The summed E-state index contributed by atoms with van der Waals surface area (Å²) in [4.78, 5) is 11.7. The van der Waals surface area contributed by atoms with Gasteiger partial charge in [0.2, 0.25) is 0 Å². The van der Waals surface area contributed by atoms with Gasteiger partial charge in [-0.25, -0.2) is 4.79 Å². The Balaban J connectivity index is 1.91. The summed E-state index contributed by atoms with van der Waals surface area (Å²) in [6, 6.07) is 11.8. The number of carbonyl (C=O) groups excluding carboxylic acids is 1. The Kier molecular flexibility index (Phi) is 4.88. The molecule has 0 radical (unpaired) electrons. The maximum atomic E-state index is 11.7. The third kappa shape index (κ3) is 4.15. The molecule has 0 aliphatic heterocycles. The maximum absolute atomic E-state index is 11.7. The molecule has 5 heteroatoms. The van der Waals surface area contributed by atoms with E-state index in [0.717, 1.165) is 5.56 Å². The van der Waals surface area contributed by atoms with Crippen molar-refractivity contribution in [2.45, 2.75) is 6.92 Å². The van der Waals surface area contributed by atoms with Gasteiger partial charge in [0.15, 0.2) is 6.61 Å². The molecule has 2 aromatic rings. The van der Waals surface area contributed by atoms with Crippen molar-refractivity contribution < 1.29 is 14.3 Å². The number of benzene rings is 2. The van der Waals surface area contributed by atoms with Gasteiger partial charge in [0.25, 0.3) is 0 Å². The first kappa shape index (κ1) is 14.7. The Morgan fingerprint density at radius 2 is 1.90 bits per heavy atom. The van der Waals surface area contributed by atoms with E-state index in [1.807, 2.05) is 6.92 Å². The molecule has 0 bridgehead atoms. The van der Waals surface area contributed by atoms with Crippen LogP contribution >= 0.6 is 23.2 Å². The van der Waals surface area contributed by atoms with Crippen LogP contribution in [0.4, 0.5) is 0 Å². The largest absolute Gasteiger partial charge is 0.482 e. The average molecular weight is 311 g/mol. The number of hydrogen-bond donors (Lipinski definition) is 0. The molecule has 0 N–H and O–H groups in total. The van der Waals surface area contributed by atoms with E-state index in [1.165, 1.54) is 0 Å². The number of aryl methyl sites for hydroxylation is 1. The second kappa shape index (κ2) is 6.64. The molecular weight excluding hydrogens is 299 g/mol. The Labute approximate surface area is 127 Å². The van der Waals surface area contributed by atoms with Crippen molar-refractivity contribution in [1.82, 2.24) is 0 Å². The Hall–Kier alpha value is -1.71. The average Bonchev–Trinajstić information content (AvgIpc) is 2.41. The second-order valence-corrected chi connectivity index (χ2v) is 4.97. The summed E-state index contributed by atoms with van der Waals surface area (Å²) >= 11 is 11.7. The SMILES string of the molecule is Cc1cc(OC(=O)COc2cccc(Cl)c2)ccc1Cl. The van der Waals surface area contributed by atoms with Crippen LogP contribution in [0.15, 0.2) is 42.5 Å². The van der Waals surface area contributed by atoms with Gasteiger partial charge in [0.05, 0.1) is 0 Å². The molecule has 0 aliphatic rings. The summed E-state index contributed by atoms with van der Waals surface area (Å²) in [6.07, 6.45) is 0. The maximum Gasteiger partial charge on any atom is 0.349 e. The second-order valence-electron chi connectivity index (χ2n) is 4.13. The summed E-state index contributed by atoms with van der Waals surface area (Å²) in [5, 5.41) is 1.17. The van der Waals surface area contributed by atoms with Crippen LogP contribution < -0.4 is 9.47 Å². The van der Waals surface area contributed by atoms with Crippen molar-refractivity contribution in [3.63, 3.8) is 0 Å². The fourth-order valence-electron chi connectivity index (χ4n) is 1.54.